The van der Waals surface area contributed by atoms with Crippen LogP contribution in [0.4, 0.5) is 5.69 Å². The van der Waals surface area contributed by atoms with Gasteiger partial charge in [0.15, 0.2) is 0 Å². The zero-order valence-corrected chi connectivity index (χ0v) is 14.8. The number of nitro groups is 1. The molecule has 0 spiro atoms. The number of rotatable bonds is 9. The van der Waals surface area contributed by atoms with Crippen LogP contribution in [0.1, 0.15) is 12.8 Å². The molecule has 0 aliphatic heterocycles. The van der Waals surface area contributed by atoms with Crippen LogP contribution in [0.3, 0.4) is 0 Å². The largest absolute Gasteiger partial charge is 0.471 e. The minimum Gasteiger partial charge on any atom is -0.471 e. The van der Waals surface area contributed by atoms with Crippen molar-refractivity contribution in [2.24, 2.45) is 5.92 Å². The van der Waals surface area contributed by atoms with E-state index < -0.39 is 13.0 Å². The first-order chi connectivity index (χ1) is 10.7. The highest BCUT2D eigenvalue weighted by atomic mass is 28.3. The molecule has 9 heteroatoms. The number of nitrogens with zero attached hydrogens (tertiary/aromatic N) is 3. The fourth-order valence-corrected chi connectivity index (χ4v) is 2.88. The standard InChI is InChI=1S/C14H23N3O5Si/c1-23(2,3)5-4-21-10-16-8-13(17(19)20)14(15-16)22-9-11-6-12(18)7-11/h8,11H,4-7,9-10H2,1-3H3. The molecule has 0 N–H and O–H groups in total. The van der Waals surface area contributed by atoms with Gasteiger partial charge in [-0.2, -0.15) is 0 Å². The summed E-state index contributed by atoms with van der Waals surface area (Å²) in [4.78, 5) is 21.5. The summed E-state index contributed by atoms with van der Waals surface area (Å²) >= 11 is 0. The summed E-state index contributed by atoms with van der Waals surface area (Å²) in [6, 6.07) is 1.02. The zero-order chi connectivity index (χ0) is 17.0. The molecule has 0 atom stereocenters. The zero-order valence-electron chi connectivity index (χ0n) is 13.8. The van der Waals surface area contributed by atoms with Gasteiger partial charge in [0.05, 0.1) is 11.5 Å². The number of carbonyl (C=O) groups is 1. The third-order valence-corrected chi connectivity index (χ3v) is 5.32. The highest BCUT2D eigenvalue weighted by Crippen LogP contribution is 2.28. The summed E-state index contributed by atoms with van der Waals surface area (Å²) in [6.45, 7) is 7.82. The summed E-state index contributed by atoms with van der Waals surface area (Å²) in [6.07, 6.45) is 2.28. The predicted octanol–water partition coefficient (Wildman–Crippen LogP) is 2.46. The lowest BCUT2D eigenvalue weighted by atomic mass is 9.85. The summed E-state index contributed by atoms with van der Waals surface area (Å²) in [5.74, 6) is 0.331. The average molecular weight is 341 g/mol. The molecule has 1 fully saturated rings. The molecule has 1 aliphatic carbocycles. The van der Waals surface area contributed by atoms with Crippen molar-refractivity contribution in [2.45, 2.75) is 45.3 Å². The molecule has 1 aliphatic rings. The molecule has 0 bridgehead atoms. The van der Waals surface area contributed by atoms with Gasteiger partial charge in [0, 0.05) is 33.4 Å². The molecule has 0 unspecified atom stereocenters. The van der Waals surface area contributed by atoms with E-state index >= 15 is 0 Å². The quantitative estimate of drug-likeness (QED) is 0.296. The SMILES string of the molecule is C[Si](C)(C)CCOCn1cc([N+](=O)[O-])c(OCC2CC(=O)C2)n1. The Morgan fingerprint density at radius 3 is 2.70 bits per heavy atom. The van der Waals surface area contributed by atoms with E-state index in [0.29, 0.717) is 19.4 Å². The maximum atomic E-state index is 11.1. The Balaban J connectivity index is 1.86. The molecule has 0 saturated heterocycles. The molecule has 1 aromatic rings. The van der Waals surface area contributed by atoms with E-state index in [2.05, 4.69) is 24.7 Å². The lowest BCUT2D eigenvalue weighted by Gasteiger charge is -2.22. The Labute approximate surface area is 135 Å². The Morgan fingerprint density at radius 1 is 1.43 bits per heavy atom. The van der Waals surface area contributed by atoms with Gasteiger partial charge in [-0.1, -0.05) is 19.6 Å². The van der Waals surface area contributed by atoms with Crippen molar-refractivity contribution in [3.8, 4) is 5.88 Å². The monoisotopic (exact) mass is 341 g/mol. The van der Waals surface area contributed by atoms with Crippen LogP contribution >= 0.6 is 0 Å². The number of hydrogen-bond donors (Lipinski definition) is 0. The van der Waals surface area contributed by atoms with Crippen LogP contribution in [-0.2, 0) is 16.3 Å². The van der Waals surface area contributed by atoms with E-state index in [4.69, 9.17) is 9.47 Å². The van der Waals surface area contributed by atoms with E-state index in [0.717, 1.165) is 6.04 Å². The Kier molecular flexibility index (Phi) is 5.53. The van der Waals surface area contributed by atoms with Crippen LogP contribution in [0.2, 0.25) is 25.7 Å². The normalized spacial score (nSPS) is 15.5. The number of carbonyl (C=O) groups excluding carboxylic acids is 1. The molecule has 0 radical (unpaired) electrons. The number of aromatic nitrogens is 2. The molecular formula is C14H23N3O5Si. The maximum Gasteiger partial charge on any atom is 0.350 e. The number of ketones is 1. The van der Waals surface area contributed by atoms with Gasteiger partial charge in [-0.15, -0.1) is 5.10 Å². The molecule has 0 aromatic carbocycles. The van der Waals surface area contributed by atoms with Gasteiger partial charge in [0.1, 0.15) is 18.7 Å². The lowest BCUT2D eigenvalue weighted by molar-refractivity contribution is -0.386. The van der Waals surface area contributed by atoms with Crippen LogP contribution in [0, 0.1) is 16.0 Å². The van der Waals surface area contributed by atoms with Gasteiger partial charge in [0.25, 0.3) is 0 Å². The van der Waals surface area contributed by atoms with E-state index in [9.17, 15) is 14.9 Å². The molecule has 1 saturated carbocycles. The van der Waals surface area contributed by atoms with Crippen molar-refractivity contribution < 1.29 is 19.2 Å². The van der Waals surface area contributed by atoms with Crippen LogP contribution < -0.4 is 4.74 Å². The van der Waals surface area contributed by atoms with Crippen molar-refractivity contribution in [3.05, 3.63) is 16.3 Å². The van der Waals surface area contributed by atoms with E-state index in [-0.39, 0.29) is 36.6 Å². The molecular weight excluding hydrogens is 318 g/mol. The Bertz CT molecular complexity index is 573. The van der Waals surface area contributed by atoms with Crippen LogP contribution in [0.5, 0.6) is 5.88 Å². The van der Waals surface area contributed by atoms with E-state index in [1.54, 1.807) is 0 Å². The van der Waals surface area contributed by atoms with Crippen molar-refractivity contribution in [3.63, 3.8) is 0 Å². The highest BCUT2D eigenvalue weighted by Gasteiger charge is 2.29. The van der Waals surface area contributed by atoms with E-state index in [1.807, 2.05) is 0 Å². The molecule has 1 heterocycles. The second-order valence-electron chi connectivity index (χ2n) is 7.09. The van der Waals surface area contributed by atoms with E-state index in [1.165, 1.54) is 10.9 Å². The van der Waals surface area contributed by atoms with Crippen molar-refractivity contribution in [1.29, 1.82) is 0 Å². The van der Waals surface area contributed by atoms with Gasteiger partial charge in [0.2, 0.25) is 0 Å². The van der Waals surface area contributed by atoms with Crippen molar-refractivity contribution >= 4 is 19.5 Å². The first-order valence-corrected chi connectivity index (χ1v) is 11.4. The summed E-state index contributed by atoms with van der Waals surface area (Å²) in [5, 5.41) is 15.1. The Morgan fingerprint density at radius 2 is 2.13 bits per heavy atom. The van der Waals surface area contributed by atoms with Gasteiger partial charge >= 0.3 is 11.6 Å². The first kappa shape index (κ1) is 17.6. The third-order valence-electron chi connectivity index (χ3n) is 3.61. The number of ether oxygens (including phenoxy) is 2. The smallest absolute Gasteiger partial charge is 0.350 e. The predicted molar refractivity (Wildman–Crippen MR) is 86.2 cm³/mol. The van der Waals surface area contributed by atoms with Gasteiger partial charge in [-0.05, 0) is 6.04 Å². The van der Waals surface area contributed by atoms with Gasteiger partial charge in [-0.3, -0.25) is 14.9 Å². The second-order valence-corrected chi connectivity index (χ2v) is 12.7. The first-order valence-electron chi connectivity index (χ1n) is 7.69. The summed E-state index contributed by atoms with van der Waals surface area (Å²) in [5.41, 5.74) is -0.176. The number of Topliss-reactive ketones (excluding diaryl/α,β-unsaturated/α-hetero) is 1. The maximum absolute atomic E-state index is 11.1. The third kappa shape index (κ3) is 5.43. The molecule has 23 heavy (non-hydrogen) atoms. The second kappa shape index (κ2) is 7.22. The van der Waals surface area contributed by atoms with Gasteiger partial charge in [-0.25, -0.2) is 4.68 Å². The molecule has 0 amide bonds. The number of hydrogen-bond acceptors (Lipinski definition) is 6. The molecule has 8 nitrogen and oxygen atoms in total. The minimum absolute atomic E-state index is 0.0110. The highest BCUT2D eigenvalue weighted by molar-refractivity contribution is 6.76. The fraction of sp³-hybridized carbons (Fsp3) is 0.714. The van der Waals surface area contributed by atoms with Crippen LogP contribution in [0.15, 0.2) is 6.20 Å². The molecule has 128 valence electrons. The summed E-state index contributed by atoms with van der Waals surface area (Å²) in [7, 11) is -1.16. The molecule has 1 aromatic heterocycles. The van der Waals surface area contributed by atoms with Crippen molar-refractivity contribution in [1.82, 2.24) is 9.78 Å². The van der Waals surface area contributed by atoms with Gasteiger partial charge < -0.3 is 9.47 Å². The topological polar surface area (TPSA) is 96.5 Å². The average Bonchev–Trinajstić information content (AvgIpc) is 2.81. The summed E-state index contributed by atoms with van der Waals surface area (Å²) < 4.78 is 12.3. The minimum atomic E-state index is -1.16. The van der Waals surface area contributed by atoms with Crippen LogP contribution in [-0.4, -0.2) is 41.8 Å². The lowest BCUT2D eigenvalue weighted by Crippen LogP contribution is -2.28. The van der Waals surface area contributed by atoms with Crippen molar-refractivity contribution in [2.75, 3.05) is 13.2 Å². The Hall–Kier alpha value is -1.74. The fourth-order valence-electron chi connectivity index (χ4n) is 2.12. The molecule has 2 rings (SSSR count). The van der Waals surface area contributed by atoms with Crippen LogP contribution in [0.25, 0.3) is 0 Å².